The maximum atomic E-state index is 5.87. The highest BCUT2D eigenvalue weighted by atomic mass is 16.5. The third kappa shape index (κ3) is 3.40. The Bertz CT molecular complexity index is 447. The molecule has 1 fully saturated rings. The fraction of sp³-hybridized carbons (Fsp3) is 0.556. The summed E-state index contributed by atoms with van der Waals surface area (Å²) >= 11 is 0. The van der Waals surface area contributed by atoms with E-state index in [1.54, 1.807) is 0 Å². The number of ether oxygens (including phenoxy) is 1. The van der Waals surface area contributed by atoms with Crippen LogP contribution >= 0.6 is 0 Å². The monoisotopic (exact) mass is 256 g/mol. The molecule has 2 aliphatic rings. The zero-order chi connectivity index (χ0) is 13.1. The van der Waals surface area contributed by atoms with Crippen LogP contribution in [0.1, 0.15) is 55.6 Å². The van der Waals surface area contributed by atoms with E-state index < -0.39 is 0 Å². The van der Waals surface area contributed by atoms with Crippen molar-refractivity contribution in [2.75, 3.05) is 6.61 Å². The van der Waals surface area contributed by atoms with Crippen LogP contribution in [0.25, 0.3) is 0 Å². The highest BCUT2D eigenvalue weighted by molar-refractivity contribution is 5.37. The van der Waals surface area contributed by atoms with Gasteiger partial charge in [-0.1, -0.05) is 18.2 Å². The lowest BCUT2D eigenvalue weighted by Crippen LogP contribution is -2.03. The molecule has 0 aliphatic heterocycles. The van der Waals surface area contributed by atoms with Crippen LogP contribution in [0, 0.1) is 12.8 Å². The van der Waals surface area contributed by atoms with Crippen molar-refractivity contribution in [1.82, 2.24) is 0 Å². The van der Waals surface area contributed by atoms with E-state index in [-0.39, 0.29) is 0 Å². The van der Waals surface area contributed by atoms with Gasteiger partial charge in [-0.25, -0.2) is 0 Å². The molecule has 1 nitrogen and oxygen atoms in total. The van der Waals surface area contributed by atoms with Gasteiger partial charge in [0.2, 0.25) is 0 Å². The molecule has 3 rings (SSSR count). The number of aryl methyl sites for hydroxylation is 1. The summed E-state index contributed by atoms with van der Waals surface area (Å²) in [7, 11) is 0. The molecule has 0 amide bonds. The van der Waals surface area contributed by atoms with E-state index in [1.807, 2.05) is 0 Å². The first-order chi connectivity index (χ1) is 9.33. The molecule has 0 saturated heterocycles. The summed E-state index contributed by atoms with van der Waals surface area (Å²) in [5.41, 5.74) is 2.93. The lowest BCUT2D eigenvalue weighted by molar-refractivity contribution is 0.299. The Morgan fingerprint density at radius 2 is 1.79 bits per heavy atom. The Morgan fingerprint density at radius 3 is 2.42 bits per heavy atom. The zero-order valence-corrected chi connectivity index (χ0v) is 11.9. The van der Waals surface area contributed by atoms with Crippen molar-refractivity contribution in [2.45, 2.75) is 51.4 Å². The summed E-state index contributed by atoms with van der Waals surface area (Å²) in [6, 6.07) is 6.70. The molecule has 0 spiro atoms. The molecular weight excluding hydrogens is 232 g/mol. The molecule has 0 heterocycles. The van der Waals surface area contributed by atoms with Gasteiger partial charge in [0.15, 0.2) is 0 Å². The highest BCUT2D eigenvalue weighted by Crippen LogP contribution is 2.34. The smallest absolute Gasteiger partial charge is 0.119 e. The molecule has 0 unspecified atom stereocenters. The Hall–Kier alpha value is -1.24. The third-order valence-corrected chi connectivity index (χ3v) is 4.39. The molecule has 1 aromatic carbocycles. The average Bonchev–Trinajstić information content (AvgIpc) is 3.24. The van der Waals surface area contributed by atoms with Crippen LogP contribution in [0.15, 0.2) is 30.4 Å². The Balaban J connectivity index is 1.67. The fourth-order valence-corrected chi connectivity index (χ4v) is 2.98. The van der Waals surface area contributed by atoms with Gasteiger partial charge in [-0.2, -0.15) is 0 Å². The van der Waals surface area contributed by atoms with Gasteiger partial charge in [0.05, 0.1) is 6.61 Å². The van der Waals surface area contributed by atoms with Gasteiger partial charge in [0, 0.05) is 0 Å². The molecule has 0 bridgehead atoms. The Labute approximate surface area is 116 Å². The summed E-state index contributed by atoms with van der Waals surface area (Å²) in [4.78, 5) is 0. The Kier molecular flexibility index (Phi) is 3.91. The van der Waals surface area contributed by atoms with Crippen LogP contribution in [0.2, 0.25) is 0 Å². The van der Waals surface area contributed by atoms with Crippen molar-refractivity contribution in [3.05, 3.63) is 41.5 Å². The molecular formula is C18H24O. The number of allylic oxidation sites excluding steroid dienone is 2. The van der Waals surface area contributed by atoms with Crippen molar-refractivity contribution < 1.29 is 4.74 Å². The van der Waals surface area contributed by atoms with Gasteiger partial charge < -0.3 is 4.74 Å². The van der Waals surface area contributed by atoms with E-state index in [4.69, 9.17) is 4.74 Å². The van der Waals surface area contributed by atoms with Crippen molar-refractivity contribution in [3.63, 3.8) is 0 Å². The highest BCUT2D eigenvalue weighted by Gasteiger charge is 2.22. The lowest BCUT2D eigenvalue weighted by Gasteiger charge is -2.18. The molecule has 0 atom stereocenters. The standard InChI is InChI=1S/C18H24O/c1-14-12-17(19-13-15-8-9-15)10-11-18(14)16-6-4-2-3-5-7-16/h2-3,10-12,15-16H,4-9,13H2,1H3. The summed E-state index contributed by atoms with van der Waals surface area (Å²) in [5, 5.41) is 0. The minimum Gasteiger partial charge on any atom is -0.493 e. The molecule has 0 N–H and O–H groups in total. The fourth-order valence-electron chi connectivity index (χ4n) is 2.98. The molecule has 1 saturated carbocycles. The van der Waals surface area contributed by atoms with Crippen molar-refractivity contribution in [3.8, 4) is 5.75 Å². The molecule has 2 aliphatic carbocycles. The van der Waals surface area contributed by atoms with Crippen LogP contribution in [0.4, 0.5) is 0 Å². The van der Waals surface area contributed by atoms with E-state index in [0.717, 1.165) is 24.2 Å². The van der Waals surface area contributed by atoms with Crippen LogP contribution in [-0.2, 0) is 0 Å². The summed E-state index contributed by atoms with van der Waals surface area (Å²) < 4.78 is 5.87. The Morgan fingerprint density at radius 1 is 1.05 bits per heavy atom. The third-order valence-electron chi connectivity index (χ3n) is 4.39. The van der Waals surface area contributed by atoms with Gasteiger partial charge in [0.1, 0.15) is 5.75 Å². The minimum atomic E-state index is 0.729. The van der Waals surface area contributed by atoms with E-state index >= 15 is 0 Å². The topological polar surface area (TPSA) is 9.23 Å². The largest absolute Gasteiger partial charge is 0.493 e. The number of rotatable bonds is 4. The summed E-state index contributed by atoms with van der Waals surface area (Å²) in [6.45, 7) is 3.14. The predicted molar refractivity (Wildman–Crippen MR) is 79.7 cm³/mol. The van der Waals surface area contributed by atoms with Gasteiger partial charge in [-0.05, 0) is 80.5 Å². The van der Waals surface area contributed by atoms with Gasteiger partial charge in [0.25, 0.3) is 0 Å². The van der Waals surface area contributed by atoms with E-state index in [2.05, 4.69) is 37.3 Å². The van der Waals surface area contributed by atoms with Gasteiger partial charge >= 0.3 is 0 Å². The van der Waals surface area contributed by atoms with E-state index in [1.165, 1.54) is 49.7 Å². The van der Waals surface area contributed by atoms with Gasteiger partial charge in [-0.15, -0.1) is 0 Å². The predicted octanol–water partition coefficient (Wildman–Crippen LogP) is 5.00. The number of hydrogen-bond acceptors (Lipinski definition) is 1. The second-order valence-electron chi connectivity index (χ2n) is 6.10. The number of benzene rings is 1. The molecule has 1 aromatic rings. The lowest BCUT2D eigenvalue weighted by atomic mass is 9.88. The molecule has 1 heteroatoms. The van der Waals surface area contributed by atoms with Crippen molar-refractivity contribution in [1.29, 1.82) is 0 Å². The molecule has 0 aromatic heterocycles. The normalized spacial score (nSPS) is 20.3. The quantitative estimate of drug-likeness (QED) is 0.689. The van der Waals surface area contributed by atoms with Crippen molar-refractivity contribution in [2.24, 2.45) is 5.92 Å². The molecule has 102 valence electrons. The first-order valence-electron chi connectivity index (χ1n) is 7.71. The van der Waals surface area contributed by atoms with Crippen molar-refractivity contribution >= 4 is 0 Å². The van der Waals surface area contributed by atoms with E-state index in [0.29, 0.717) is 0 Å². The number of hydrogen-bond donors (Lipinski definition) is 0. The maximum absolute atomic E-state index is 5.87. The second kappa shape index (κ2) is 5.81. The molecule has 0 radical (unpaired) electrons. The summed E-state index contributed by atoms with van der Waals surface area (Å²) in [6.07, 6.45) is 12.4. The molecule has 19 heavy (non-hydrogen) atoms. The summed E-state index contributed by atoms with van der Waals surface area (Å²) in [5.74, 6) is 2.61. The van der Waals surface area contributed by atoms with E-state index in [9.17, 15) is 0 Å². The van der Waals surface area contributed by atoms with Gasteiger partial charge in [-0.3, -0.25) is 0 Å². The van der Waals surface area contributed by atoms with Crippen LogP contribution < -0.4 is 4.74 Å². The average molecular weight is 256 g/mol. The minimum absolute atomic E-state index is 0.729. The SMILES string of the molecule is Cc1cc(OCC2CC2)ccc1C1CCC=CCC1. The second-order valence-corrected chi connectivity index (χ2v) is 6.10. The maximum Gasteiger partial charge on any atom is 0.119 e. The van der Waals surface area contributed by atoms with Crippen LogP contribution in [0.3, 0.4) is 0 Å². The van der Waals surface area contributed by atoms with Crippen LogP contribution in [-0.4, -0.2) is 6.61 Å². The zero-order valence-electron chi connectivity index (χ0n) is 11.9. The first-order valence-corrected chi connectivity index (χ1v) is 7.71. The first kappa shape index (κ1) is 12.8. The van der Waals surface area contributed by atoms with Crippen LogP contribution in [0.5, 0.6) is 5.75 Å².